The van der Waals surface area contributed by atoms with Crippen molar-refractivity contribution in [2.75, 3.05) is 40.9 Å². The summed E-state index contributed by atoms with van der Waals surface area (Å²) in [6.45, 7) is 6.62. The number of amides is 1. The number of nitrogens with one attached hydrogen (secondary N) is 1. The Bertz CT molecular complexity index is 1620. The number of hydrogen-bond donors (Lipinski definition) is 1. The van der Waals surface area contributed by atoms with Gasteiger partial charge in [-0.1, -0.05) is 214 Å². The number of esters is 1. The van der Waals surface area contributed by atoms with Crippen molar-refractivity contribution in [2.24, 2.45) is 0 Å². The minimum absolute atomic E-state index is 0.0409. The van der Waals surface area contributed by atoms with Gasteiger partial charge in [0.2, 0.25) is 5.91 Å². The standard InChI is InChI=1S/C63H109N2O7P/c1-7-10-13-16-19-22-25-27-29-31-32-34-36-38-41-44-47-50-53-56-63(67)72-61(54-51-48-45-42-39-24-21-18-15-12-9-3)60(59-71-73(68,69)70-58-57-65(4,5)6)64-62(66)55-52-49-46-43-40-37-35-33-30-28-26-23-20-17-14-11-8-2/h11,14,19-20,22-23,27-30,32,34-35,37,43,46,51,54,60-61H,7-10,12-13,15-18,21,24-26,31,33,36,38-42,44-45,47-50,52-53,55-59H2,1-6H3,(H-,64,66,68,69)/b14-11-,22-19-,23-20-,29-27-,30-28-,34-32-,37-35-,46-43-,54-51+. The van der Waals surface area contributed by atoms with E-state index in [1.807, 2.05) is 27.2 Å². The summed E-state index contributed by atoms with van der Waals surface area (Å²) < 4.78 is 30.2. The molecule has 0 radical (unpaired) electrons. The Morgan fingerprint density at radius 1 is 0.493 bits per heavy atom. The van der Waals surface area contributed by atoms with Crippen molar-refractivity contribution in [2.45, 2.75) is 238 Å². The lowest BCUT2D eigenvalue weighted by molar-refractivity contribution is -0.870. The van der Waals surface area contributed by atoms with E-state index >= 15 is 0 Å². The SMILES string of the molecule is CC/C=C\C/C=C\C/C=C\C/C=C\C/C=C\CCCC(=O)NC(COP(=O)([O-])OCC[N+](C)(C)C)C(/C=C/CCCCCCCCCCC)OC(=O)CCCCCCCC/C=C\C/C=C\C/C=C\CCCCC. The molecular formula is C63H109N2O7P. The number of nitrogens with zero attached hydrogens (tertiary/aromatic N) is 1. The maximum Gasteiger partial charge on any atom is 0.306 e. The van der Waals surface area contributed by atoms with Crippen LogP contribution < -0.4 is 10.2 Å². The second-order valence-electron chi connectivity index (χ2n) is 20.4. The Morgan fingerprint density at radius 3 is 1.37 bits per heavy atom. The van der Waals surface area contributed by atoms with Gasteiger partial charge in [0, 0.05) is 12.8 Å². The van der Waals surface area contributed by atoms with Gasteiger partial charge >= 0.3 is 5.97 Å². The van der Waals surface area contributed by atoms with Gasteiger partial charge < -0.3 is 28.5 Å². The van der Waals surface area contributed by atoms with Gasteiger partial charge in [-0.05, 0) is 109 Å². The summed E-state index contributed by atoms with van der Waals surface area (Å²) in [5.74, 6) is -0.633. The summed E-state index contributed by atoms with van der Waals surface area (Å²) in [5, 5.41) is 2.98. The van der Waals surface area contributed by atoms with Gasteiger partial charge in [0.15, 0.2) is 0 Å². The number of phosphoric acid groups is 1. The summed E-state index contributed by atoms with van der Waals surface area (Å²) in [6, 6.07) is -0.930. The van der Waals surface area contributed by atoms with E-state index < -0.39 is 26.6 Å². The summed E-state index contributed by atoms with van der Waals surface area (Å²) >= 11 is 0. The van der Waals surface area contributed by atoms with Crippen molar-refractivity contribution in [1.29, 1.82) is 0 Å². The average Bonchev–Trinajstić information content (AvgIpc) is 3.35. The minimum Gasteiger partial charge on any atom is -0.756 e. The Labute approximate surface area is 449 Å². The van der Waals surface area contributed by atoms with Crippen molar-refractivity contribution in [1.82, 2.24) is 5.32 Å². The monoisotopic (exact) mass is 1040 g/mol. The summed E-state index contributed by atoms with van der Waals surface area (Å²) in [5.41, 5.74) is 0. The van der Waals surface area contributed by atoms with E-state index in [0.717, 1.165) is 109 Å². The zero-order valence-electron chi connectivity index (χ0n) is 47.5. The lowest BCUT2D eigenvalue weighted by Crippen LogP contribution is -2.47. The molecule has 3 unspecified atom stereocenters. The van der Waals surface area contributed by atoms with Crippen molar-refractivity contribution < 1.29 is 37.3 Å². The van der Waals surface area contributed by atoms with Crippen LogP contribution in [0.3, 0.4) is 0 Å². The highest BCUT2D eigenvalue weighted by molar-refractivity contribution is 7.45. The van der Waals surface area contributed by atoms with E-state index in [1.54, 1.807) is 6.08 Å². The molecule has 0 rings (SSSR count). The molecule has 10 heteroatoms. The van der Waals surface area contributed by atoms with E-state index in [4.69, 9.17) is 13.8 Å². The highest BCUT2D eigenvalue weighted by atomic mass is 31.2. The van der Waals surface area contributed by atoms with Crippen molar-refractivity contribution in [3.05, 3.63) is 109 Å². The number of carbonyl (C=O) groups excluding carboxylic acids is 2. The molecule has 9 nitrogen and oxygen atoms in total. The van der Waals surface area contributed by atoms with E-state index in [2.05, 4.69) is 123 Å². The Hall–Kier alpha value is -3.33. The Balaban J connectivity index is 5.41. The molecule has 1 amide bonds. The average molecular weight is 1040 g/mol. The first-order valence-electron chi connectivity index (χ1n) is 29.2. The largest absolute Gasteiger partial charge is 0.756 e. The van der Waals surface area contributed by atoms with Gasteiger partial charge in [0.05, 0.1) is 33.8 Å². The van der Waals surface area contributed by atoms with E-state index in [-0.39, 0.29) is 31.3 Å². The van der Waals surface area contributed by atoms with Gasteiger partial charge in [-0.3, -0.25) is 14.2 Å². The number of allylic oxidation sites excluding steroid dienone is 17. The molecule has 0 saturated carbocycles. The molecule has 1 N–H and O–H groups in total. The molecule has 3 atom stereocenters. The molecule has 0 aromatic heterocycles. The number of quaternary nitrogens is 1. The molecule has 0 saturated heterocycles. The molecule has 0 spiro atoms. The third kappa shape index (κ3) is 53.3. The second kappa shape index (κ2) is 52.1. The van der Waals surface area contributed by atoms with Gasteiger partial charge in [0.25, 0.3) is 7.82 Å². The normalized spacial score (nSPS) is 14.6. The van der Waals surface area contributed by atoms with Crippen LogP contribution in [0.5, 0.6) is 0 Å². The fourth-order valence-corrected chi connectivity index (χ4v) is 8.40. The van der Waals surface area contributed by atoms with Crippen LogP contribution >= 0.6 is 7.82 Å². The summed E-state index contributed by atoms with van der Waals surface area (Å²) in [7, 11) is 1.12. The number of carbonyl (C=O) groups is 2. The third-order valence-corrected chi connectivity index (χ3v) is 13.2. The third-order valence-electron chi connectivity index (χ3n) is 12.2. The predicted octanol–water partition coefficient (Wildman–Crippen LogP) is 17.1. The maximum atomic E-state index is 13.5. The number of phosphoric ester groups is 1. The van der Waals surface area contributed by atoms with Crippen molar-refractivity contribution in [3.63, 3.8) is 0 Å². The maximum absolute atomic E-state index is 13.5. The first-order chi connectivity index (χ1) is 35.4. The number of hydrogen-bond acceptors (Lipinski definition) is 7. The van der Waals surface area contributed by atoms with Gasteiger partial charge in [-0.15, -0.1) is 0 Å². The van der Waals surface area contributed by atoms with Crippen LogP contribution in [-0.4, -0.2) is 69.4 Å². The molecule has 0 fully saturated rings. The lowest BCUT2D eigenvalue weighted by Gasteiger charge is -2.30. The van der Waals surface area contributed by atoms with Gasteiger partial charge in [-0.25, -0.2) is 0 Å². The molecule has 0 bridgehead atoms. The first kappa shape index (κ1) is 69.7. The van der Waals surface area contributed by atoms with Crippen molar-refractivity contribution in [3.8, 4) is 0 Å². The fraction of sp³-hybridized carbons (Fsp3) is 0.683. The molecule has 0 aliphatic carbocycles. The predicted molar refractivity (Wildman–Crippen MR) is 311 cm³/mol. The van der Waals surface area contributed by atoms with Crippen LogP contribution in [0.2, 0.25) is 0 Å². The molecule has 73 heavy (non-hydrogen) atoms. The van der Waals surface area contributed by atoms with Crippen LogP contribution in [0.4, 0.5) is 0 Å². The Kier molecular flexibility index (Phi) is 49.7. The van der Waals surface area contributed by atoms with E-state index in [1.165, 1.54) is 70.6 Å². The molecule has 0 heterocycles. The van der Waals surface area contributed by atoms with E-state index in [0.29, 0.717) is 23.9 Å². The van der Waals surface area contributed by atoms with Crippen LogP contribution in [-0.2, 0) is 27.9 Å². The van der Waals surface area contributed by atoms with Crippen LogP contribution in [0, 0.1) is 0 Å². The quantitative estimate of drug-likeness (QED) is 0.0212. The molecular weight excluding hydrogens is 928 g/mol. The first-order valence-corrected chi connectivity index (χ1v) is 30.7. The second-order valence-corrected chi connectivity index (χ2v) is 21.8. The molecule has 0 aromatic carbocycles. The van der Waals surface area contributed by atoms with Crippen LogP contribution in [0.25, 0.3) is 0 Å². The molecule has 0 aliphatic rings. The van der Waals surface area contributed by atoms with Crippen molar-refractivity contribution >= 4 is 19.7 Å². The zero-order valence-corrected chi connectivity index (χ0v) is 48.4. The number of ether oxygens (including phenoxy) is 1. The number of unbranched alkanes of at least 4 members (excludes halogenated alkanes) is 19. The molecule has 0 aromatic rings. The van der Waals surface area contributed by atoms with Gasteiger partial charge in [0.1, 0.15) is 19.3 Å². The minimum atomic E-state index is -4.72. The highest BCUT2D eigenvalue weighted by Crippen LogP contribution is 2.38. The number of likely N-dealkylation sites (N-methyl/N-ethyl adjacent to an activating group) is 1. The molecule has 0 aliphatic heterocycles. The number of rotatable bonds is 51. The fourth-order valence-electron chi connectivity index (χ4n) is 7.68. The smallest absolute Gasteiger partial charge is 0.306 e. The lowest BCUT2D eigenvalue weighted by atomic mass is 10.1. The summed E-state index contributed by atoms with van der Waals surface area (Å²) in [4.78, 5) is 39.8. The topological polar surface area (TPSA) is 114 Å². The van der Waals surface area contributed by atoms with E-state index in [9.17, 15) is 19.0 Å². The van der Waals surface area contributed by atoms with Crippen LogP contribution in [0.1, 0.15) is 226 Å². The highest BCUT2D eigenvalue weighted by Gasteiger charge is 2.27. The van der Waals surface area contributed by atoms with Gasteiger partial charge in [-0.2, -0.15) is 0 Å². The van der Waals surface area contributed by atoms with Crippen LogP contribution in [0.15, 0.2) is 109 Å². The Morgan fingerprint density at radius 2 is 0.890 bits per heavy atom. The zero-order chi connectivity index (χ0) is 53.6. The summed E-state index contributed by atoms with van der Waals surface area (Å²) in [6.07, 6.45) is 70.6. The molecule has 418 valence electrons.